The summed E-state index contributed by atoms with van der Waals surface area (Å²) in [5, 5.41) is 3.89. The number of amides is 1. The normalized spacial score (nSPS) is 10.5. The second-order valence-corrected chi connectivity index (χ2v) is 5.11. The van der Waals surface area contributed by atoms with Crippen molar-refractivity contribution in [1.82, 2.24) is 15.4 Å². The van der Waals surface area contributed by atoms with Crippen molar-refractivity contribution >= 4 is 18.1 Å². The van der Waals surface area contributed by atoms with Crippen molar-refractivity contribution in [2.24, 2.45) is 5.10 Å². The Bertz CT molecular complexity index is 911. The van der Waals surface area contributed by atoms with E-state index in [1.165, 1.54) is 24.8 Å². The molecule has 0 spiro atoms. The van der Waals surface area contributed by atoms with Crippen LogP contribution in [0.2, 0.25) is 0 Å². The molecule has 7 nitrogen and oxygen atoms in total. The summed E-state index contributed by atoms with van der Waals surface area (Å²) in [6.45, 7) is 0. The fourth-order valence-electron chi connectivity index (χ4n) is 2.00. The van der Waals surface area contributed by atoms with Gasteiger partial charge in [-0.2, -0.15) is 5.10 Å². The Morgan fingerprint density at radius 3 is 2.42 bits per heavy atom. The van der Waals surface area contributed by atoms with Crippen LogP contribution in [0, 0.1) is 0 Å². The first kappa shape index (κ1) is 17.0. The second kappa shape index (κ2) is 8.29. The minimum atomic E-state index is -0.531. The fraction of sp³-hybridized carbons (Fsp3) is 0. The summed E-state index contributed by atoms with van der Waals surface area (Å²) in [6, 6.07) is 14.9. The molecule has 0 aliphatic rings. The van der Waals surface area contributed by atoms with Crippen LogP contribution in [0.5, 0.6) is 5.75 Å². The maximum atomic E-state index is 11.9. The first-order valence-corrected chi connectivity index (χ1v) is 7.69. The average molecular weight is 346 g/mol. The van der Waals surface area contributed by atoms with E-state index in [9.17, 15) is 9.59 Å². The van der Waals surface area contributed by atoms with Crippen molar-refractivity contribution in [3.05, 3.63) is 90.0 Å². The molecule has 0 saturated carbocycles. The number of esters is 1. The zero-order valence-electron chi connectivity index (χ0n) is 13.6. The summed E-state index contributed by atoms with van der Waals surface area (Å²) >= 11 is 0. The summed E-state index contributed by atoms with van der Waals surface area (Å²) in [5.41, 5.74) is 3.86. The van der Waals surface area contributed by atoms with Gasteiger partial charge < -0.3 is 4.74 Å². The number of hydrogen-bond donors (Lipinski definition) is 1. The molecule has 3 rings (SSSR count). The van der Waals surface area contributed by atoms with E-state index in [2.05, 4.69) is 20.5 Å². The molecule has 0 unspecified atom stereocenters. The molecule has 26 heavy (non-hydrogen) atoms. The molecule has 128 valence electrons. The van der Waals surface area contributed by atoms with Crippen molar-refractivity contribution in [3.8, 4) is 5.75 Å². The monoisotopic (exact) mass is 346 g/mol. The molecular weight excluding hydrogens is 332 g/mol. The van der Waals surface area contributed by atoms with Crippen LogP contribution in [0.3, 0.4) is 0 Å². The zero-order valence-corrected chi connectivity index (χ0v) is 13.6. The van der Waals surface area contributed by atoms with Gasteiger partial charge in [0.15, 0.2) is 0 Å². The molecular formula is C19H14N4O3. The highest BCUT2D eigenvalue weighted by Crippen LogP contribution is 2.13. The third-order valence-corrected chi connectivity index (χ3v) is 3.29. The van der Waals surface area contributed by atoms with E-state index < -0.39 is 5.97 Å². The molecule has 2 heterocycles. The molecule has 0 aliphatic carbocycles. The van der Waals surface area contributed by atoms with Crippen molar-refractivity contribution < 1.29 is 14.3 Å². The molecule has 1 aromatic carbocycles. The summed E-state index contributed by atoms with van der Waals surface area (Å²) in [4.78, 5) is 31.5. The molecule has 0 fully saturated rings. The van der Waals surface area contributed by atoms with Crippen LogP contribution in [0.4, 0.5) is 0 Å². The summed E-state index contributed by atoms with van der Waals surface area (Å²) < 4.78 is 5.23. The van der Waals surface area contributed by atoms with Crippen LogP contribution in [-0.4, -0.2) is 28.1 Å². The van der Waals surface area contributed by atoms with Gasteiger partial charge in [-0.3, -0.25) is 9.78 Å². The first-order valence-electron chi connectivity index (χ1n) is 7.69. The van der Waals surface area contributed by atoms with Gasteiger partial charge in [-0.05, 0) is 54.1 Å². The number of pyridine rings is 2. The Hall–Kier alpha value is -3.87. The number of hydrazone groups is 1. The Balaban J connectivity index is 1.56. The first-order chi connectivity index (χ1) is 12.7. The molecule has 7 heteroatoms. The van der Waals surface area contributed by atoms with Gasteiger partial charge >= 0.3 is 5.97 Å². The zero-order chi connectivity index (χ0) is 18.2. The summed E-state index contributed by atoms with van der Waals surface area (Å²) in [7, 11) is 0. The highest BCUT2D eigenvalue weighted by Gasteiger charge is 2.09. The third kappa shape index (κ3) is 4.57. The number of aromatic nitrogens is 2. The van der Waals surface area contributed by atoms with Gasteiger partial charge in [-0.1, -0.05) is 6.07 Å². The number of carbonyl (C=O) groups is 2. The SMILES string of the molecule is O=C(N/N=C/c1ccc(OC(=O)c2ccccn2)cc1)c1ccncc1. The quantitative estimate of drug-likeness (QED) is 0.331. The molecule has 3 aromatic rings. The third-order valence-electron chi connectivity index (χ3n) is 3.29. The fourth-order valence-corrected chi connectivity index (χ4v) is 2.00. The van der Waals surface area contributed by atoms with Crippen LogP contribution >= 0.6 is 0 Å². The molecule has 1 amide bonds. The van der Waals surface area contributed by atoms with Crippen LogP contribution in [-0.2, 0) is 0 Å². The standard InChI is InChI=1S/C19H14N4O3/c24-18(15-8-11-20-12-9-15)23-22-13-14-4-6-16(7-5-14)26-19(25)17-3-1-2-10-21-17/h1-13H,(H,23,24)/b22-13+. The number of ether oxygens (including phenoxy) is 1. The Kier molecular flexibility index (Phi) is 5.41. The van der Waals surface area contributed by atoms with Gasteiger partial charge in [0.25, 0.3) is 5.91 Å². The lowest BCUT2D eigenvalue weighted by atomic mass is 10.2. The number of hydrogen-bond acceptors (Lipinski definition) is 6. The second-order valence-electron chi connectivity index (χ2n) is 5.11. The predicted molar refractivity (Wildman–Crippen MR) is 94.9 cm³/mol. The minimum Gasteiger partial charge on any atom is -0.422 e. The maximum absolute atomic E-state index is 11.9. The lowest BCUT2D eigenvalue weighted by Crippen LogP contribution is -2.17. The largest absolute Gasteiger partial charge is 0.422 e. The van der Waals surface area contributed by atoms with E-state index in [0.717, 1.165) is 5.56 Å². The van der Waals surface area contributed by atoms with Gasteiger partial charge in [-0.25, -0.2) is 15.2 Å². The van der Waals surface area contributed by atoms with Crippen molar-refractivity contribution in [2.45, 2.75) is 0 Å². The van der Waals surface area contributed by atoms with Gasteiger partial charge in [-0.15, -0.1) is 0 Å². The number of nitrogens with zero attached hydrogens (tertiary/aromatic N) is 3. The number of carbonyl (C=O) groups excluding carboxylic acids is 2. The average Bonchev–Trinajstić information content (AvgIpc) is 2.70. The van der Waals surface area contributed by atoms with Crippen molar-refractivity contribution in [3.63, 3.8) is 0 Å². The topological polar surface area (TPSA) is 93.5 Å². The molecule has 0 radical (unpaired) electrons. The van der Waals surface area contributed by atoms with E-state index in [4.69, 9.17) is 4.74 Å². The Morgan fingerprint density at radius 1 is 0.962 bits per heavy atom. The van der Waals surface area contributed by atoms with Crippen LogP contribution < -0.4 is 10.2 Å². The molecule has 0 aliphatic heterocycles. The molecule has 0 atom stereocenters. The van der Waals surface area contributed by atoms with Crippen LogP contribution in [0.15, 0.2) is 78.3 Å². The summed E-state index contributed by atoms with van der Waals surface area (Å²) in [6.07, 6.45) is 6.08. The van der Waals surface area contributed by atoms with Crippen LogP contribution in [0.25, 0.3) is 0 Å². The van der Waals surface area contributed by atoms with E-state index >= 15 is 0 Å². The van der Waals surface area contributed by atoms with Gasteiger partial charge in [0.2, 0.25) is 0 Å². The van der Waals surface area contributed by atoms with Gasteiger partial charge in [0.05, 0.1) is 6.21 Å². The van der Waals surface area contributed by atoms with E-state index in [0.29, 0.717) is 11.3 Å². The van der Waals surface area contributed by atoms with E-state index in [1.54, 1.807) is 54.6 Å². The predicted octanol–water partition coefficient (Wildman–Crippen LogP) is 2.46. The molecule has 0 bridgehead atoms. The molecule has 0 saturated heterocycles. The van der Waals surface area contributed by atoms with Crippen LogP contribution in [0.1, 0.15) is 26.4 Å². The maximum Gasteiger partial charge on any atom is 0.362 e. The molecule has 2 aromatic heterocycles. The number of nitrogens with one attached hydrogen (secondary N) is 1. The van der Waals surface area contributed by atoms with Gasteiger partial charge in [0.1, 0.15) is 11.4 Å². The Labute approximate surface area is 149 Å². The lowest BCUT2D eigenvalue weighted by Gasteiger charge is -2.03. The smallest absolute Gasteiger partial charge is 0.362 e. The van der Waals surface area contributed by atoms with E-state index in [1.807, 2.05) is 0 Å². The number of benzene rings is 1. The Morgan fingerprint density at radius 2 is 1.73 bits per heavy atom. The van der Waals surface area contributed by atoms with Gasteiger partial charge in [0, 0.05) is 24.2 Å². The lowest BCUT2D eigenvalue weighted by molar-refractivity contribution is 0.0728. The van der Waals surface area contributed by atoms with Crippen molar-refractivity contribution in [2.75, 3.05) is 0 Å². The summed E-state index contributed by atoms with van der Waals surface area (Å²) in [5.74, 6) is -0.472. The van der Waals surface area contributed by atoms with Crippen molar-refractivity contribution in [1.29, 1.82) is 0 Å². The minimum absolute atomic E-state index is 0.233. The number of rotatable bonds is 5. The molecule has 1 N–H and O–H groups in total. The van der Waals surface area contributed by atoms with E-state index in [-0.39, 0.29) is 11.6 Å². The highest BCUT2D eigenvalue weighted by atomic mass is 16.5. The highest BCUT2D eigenvalue weighted by molar-refractivity contribution is 5.94.